The van der Waals surface area contributed by atoms with Gasteiger partial charge in [0.25, 0.3) is 0 Å². The monoisotopic (exact) mass is 462 g/mol. The summed E-state index contributed by atoms with van der Waals surface area (Å²) in [6, 6.07) is 8.78. The van der Waals surface area contributed by atoms with Crippen LogP contribution in [-0.4, -0.2) is 92.3 Å². The second kappa shape index (κ2) is 13.2. The quantitative estimate of drug-likeness (QED) is 0.510. The van der Waals surface area contributed by atoms with Crippen LogP contribution in [0.25, 0.3) is 0 Å². The average Bonchev–Trinajstić information content (AvgIpc) is 2.76. The number of rotatable bonds is 10. The molecule has 1 atom stereocenters. The van der Waals surface area contributed by atoms with Crippen molar-refractivity contribution in [3.63, 3.8) is 0 Å². The van der Waals surface area contributed by atoms with Crippen LogP contribution in [0.3, 0.4) is 0 Å². The van der Waals surface area contributed by atoms with Crippen LogP contribution < -0.4 is 10.6 Å². The van der Waals surface area contributed by atoms with Crippen LogP contribution >= 0.6 is 0 Å². The highest BCUT2D eigenvalue weighted by Crippen LogP contribution is 2.09. The molecule has 184 valence electrons. The number of likely N-dealkylation sites (N-methyl/N-ethyl adjacent to an activating group) is 1. The lowest BCUT2D eigenvalue weighted by Crippen LogP contribution is -2.51. The van der Waals surface area contributed by atoms with E-state index in [1.165, 1.54) is 11.9 Å². The van der Waals surface area contributed by atoms with E-state index in [1.807, 2.05) is 30.3 Å². The molecule has 33 heavy (non-hydrogen) atoms. The van der Waals surface area contributed by atoms with Crippen LogP contribution in [0.5, 0.6) is 0 Å². The lowest BCUT2D eigenvalue weighted by Gasteiger charge is -2.26. The maximum atomic E-state index is 12.9. The number of carbonyl (C=O) groups is 3. The third-order valence-electron chi connectivity index (χ3n) is 5.07. The summed E-state index contributed by atoms with van der Waals surface area (Å²) in [7, 11) is 1.49. The largest absolute Gasteiger partial charge is 0.444 e. The maximum absolute atomic E-state index is 12.9. The average molecular weight is 463 g/mol. The maximum Gasteiger partial charge on any atom is 0.410 e. The van der Waals surface area contributed by atoms with Gasteiger partial charge in [-0.3, -0.25) is 14.5 Å². The molecule has 0 aromatic heterocycles. The first-order chi connectivity index (χ1) is 15.6. The molecule has 0 radical (unpaired) electrons. The van der Waals surface area contributed by atoms with Crippen LogP contribution in [0.15, 0.2) is 30.3 Å². The number of morpholine rings is 1. The number of ether oxygens (including phenoxy) is 2. The molecule has 9 nitrogen and oxygen atoms in total. The summed E-state index contributed by atoms with van der Waals surface area (Å²) < 4.78 is 10.6. The van der Waals surface area contributed by atoms with E-state index in [0.717, 1.165) is 44.8 Å². The predicted octanol–water partition coefficient (Wildman–Crippen LogP) is 1.42. The Morgan fingerprint density at radius 2 is 1.82 bits per heavy atom. The van der Waals surface area contributed by atoms with Gasteiger partial charge in [-0.1, -0.05) is 30.3 Å². The predicted molar refractivity (Wildman–Crippen MR) is 126 cm³/mol. The fourth-order valence-electron chi connectivity index (χ4n) is 3.38. The number of hydrogen-bond acceptors (Lipinski definition) is 6. The van der Waals surface area contributed by atoms with Gasteiger partial charge in [-0.05, 0) is 39.3 Å². The van der Waals surface area contributed by atoms with Gasteiger partial charge in [0, 0.05) is 33.1 Å². The molecule has 2 rings (SSSR count). The third-order valence-corrected chi connectivity index (χ3v) is 5.07. The minimum absolute atomic E-state index is 0.204. The van der Waals surface area contributed by atoms with E-state index < -0.39 is 23.6 Å². The van der Waals surface area contributed by atoms with Gasteiger partial charge in [-0.2, -0.15) is 0 Å². The fraction of sp³-hybridized carbons (Fsp3) is 0.625. The molecule has 1 saturated heterocycles. The van der Waals surface area contributed by atoms with Crippen LogP contribution in [0.1, 0.15) is 32.8 Å². The first-order valence-electron chi connectivity index (χ1n) is 11.5. The smallest absolute Gasteiger partial charge is 0.410 e. The van der Waals surface area contributed by atoms with Crippen LogP contribution in [0.4, 0.5) is 4.79 Å². The summed E-state index contributed by atoms with van der Waals surface area (Å²) >= 11 is 0. The van der Waals surface area contributed by atoms with Crippen molar-refractivity contribution in [1.82, 2.24) is 20.4 Å². The molecule has 1 aliphatic heterocycles. The van der Waals surface area contributed by atoms with E-state index in [0.29, 0.717) is 13.0 Å². The molecule has 1 aromatic rings. The molecule has 2 N–H and O–H groups in total. The molecule has 0 saturated carbocycles. The molecule has 1 aromatic carbocycles. The summed E-state index contributed by atoms with van der Waals surface area (Å²) in [5, 5.41) is 5.72. The van der Waals surface area contributed by atoms with Gasteiger partial charge in [0.1, 0.15) is 18.2 Å². The first-order valence-corrected chi connectivity index (χ1v) is 11.5. The Hall–Kier alpha value is -2.65. The molecule has 1 aliphatic rings. The highest BCUT2D eigenvalue weighted by Gasteiger charge is 2.25. The number of nitrogens with one attached hydrogen (secondary N) is 2. The Labute approximate surface area is 196 Å². The summed E-state index contributed by atoms with van der Waals surface area (Å²) in [5.74, 6) is -0.665. The molecule has 9 heteroatoms. The van der Waals surface area contributed by atoms with Crippen molar-refractivity contribution >= 4 is 17.9 Å². The van der Waals surface area contributed by atoms with Gasteiger partial charge >= 0.3 is 6.09 Å². The Morgan fingerprint density at radius 3 is 2.45 bits per heavy atom. The number of nitrogens with zero attached hydrogens (tertiary/aromatic N) is 2. The van der Waals surface area contributed by atoms with Crippen LogP contribution in [0, 0.1) is 0 Å². The standard InChI is InChI=1S/C24H38N4O5/c1-24(2,3)33-23(31)27(4)18-21(29)26-20(17-19-9-6-5-7-10-19)22(30)25-11-8-12-28-13-15-32-16-14-28/h5-7,9-10,20H,8,11-18H2,1-4H3,(H,25,30)(H,26,29)/t20-/m1/s1. The molecular weight excluding hydrogens is 424 g/mol. The zero-order valence-electron chi connectivity index (χ0n) is 20.3. The summed E-state index contributed by atoms with van der Waals surface area (Å²) in [6.45, 7) is 9.80. The molecule has 0 bridgehead atoms. The van der Waals surface area contributed by atoms with Gasteiger partial charge in [0.15, 0.2) is 0 Å². The lowest BCUT2D eigenvalue weighted by molar-refractivity contribution is -0.129. The minimum Gasteiger partial charge on any atom is -0.444 e. The van der Waals surface area contributed by atoms with Crippen molar-refractivity contribution in [3.8, 4) is 0 Å². The zero-order valence-corrected chi connectivity index (χ0v) is 20.3. The minimum atomic E-state index is -0.740. The van der Waals surface area contributed by atoms with Gasteiger partial charge in [0.05, 0.1) is 13.2 Å². The third kappa shape index (κ3) is 10.7. The molecule has 0 aliphatic carbocycles. The lowest BCUT2D eigenvalue weighted by atomic mass is 10.1. The van der Waals surface area contributed by atoms with E-state index in [2.05, 4.69) is 15.5 Å². The van der Waals surface area contributed by atoms with Gasteiger partial charge in [0.2, 0.25) is 11.8 Å². The Morgan fingerprint density at radius 1 is 1.15 bits per heavy atom. The van der Waals surface area contributed by atoms with Crippen molar-refractivity contribution in [3.05, 3.63) is 35.9 Å². The molecule has 0 unspecified atom stereocenters. The van der Waals surface area contributed by atoms with Crippen molar-refractivity contribution < 1.29 is 23.9 Å². The highest BCUT2D eigenvalue weighted by atomic mass is 16.6. The van der Waals surface area contributed by atoms with Crippen molar-refractivity contribution in [2.75, 3.05) is 53.0 Å². The molecule has 0 spiro atoms. The molecule has 3 amide bonds. The first kappa shape index (κ1) is 26.6. The second-order valence-electron chi connectivity index (χ2n) is 9.24. The number of amides is 3. The van der Waals surface area contributed by atoms with Gasteiger partial charge in [-0.25, -0.2) is 4.79 Å². The van der Waals surface area contributed by atoms with Gasteiger partial charge < -0.3 is 25.0 Å². The summed E-state index contributed by atoms with van der Waals surface area (Å²) in [5.41, 5.74) is 0.283. The fourth-order valence-corrected chi connectivity index (χ4v) is 3.38. The molecule has 1 fully saturated rings. The van der Waals surface area contributed by atoms with Crippen LogP contribution in [-0.2, 0) is 25.5 Å². The van der Waals surface area contributed by atoms with E-state index >= 15 is 0 Å². The van der Waals surface area contributed by atoms with E-state index in [-0.39, 0.29) is 12.5 Å². The number of benzene rings is 1. The Kier molecular flexibility index (Phi) is 10.6. The summed E-state index contributed by atoms with van der Waals surface area (Å²) in [6.07, 6.45) is 0.585. The summed E-state index contributed by atoms with van der Waals surface area (Å²) in [4.78, 5) is 41.1. The molecule has 1 heterocycles. The van der Waals surface area contributed by atoms with E-state index in [9.17, 15) is 14.4 Å². The molecular formula is C24H38N4O5. The normalized spacial score (nSPS) is 15.4. The number of carbonyl (C=O) groups excluding carboxylic acids is 3. The SMILES string of the molecule is CN(CC(=O)N[C@H](Cc1ccccc1)C(=O)NCCCN1CCOCC1)C(=O)OC(C)(C)C. The van der Waals surface area contributed by atoms with Gasteiger partial charge in [-0.15, -0.1) is 0 Å². The Balaban J connectivity index is 1.88. The topological polar surface area (TPSA) is 100 Å². The van der Waals surface area contributed by atoms with E-state index in [1.54, 1.807) is 20.8 Å². The Bertz CT molecular complexity index is 760. The highest BCUT2D eigenvalue weighted by molar-refractivity contribution is 5.89. The zero-order chi connectivity index (χ0) is 24.3. The van der Waals surface area contributed by atoms with Crippen LogP contribution in [0.2, 0.25) is 0 Å². The van der Waals surface area contributed by atoms with Crippen molar-refractivity contribution in [2.24, 2.45) is 0 Å². The van der Waals surface area contributed by atoms with Crippen molar-refractivity contribution in [1.29, 1.82) is 0 Å². The van der Waals surface area contributed by atoms with Crippen molar-refractivity contribution in [2.45, 2.75) is 45.3 Å². The second-order valence-corrected chi connectivity index (χ2v) is 9.24. The van der Waals surface area contributed by atoms with E-state index in [4.69, 9.17) is 9.47 Å². The number of hydrogen-bond donors (Lipinski definition) is 2.